The van der Waals surface area contributed by atoms with Gasteiger partial charge in [0.25, 0.3) is 0 Å². The van der Waals surface area contributed by atoms with E-state index in [1.807, 2.05) is 0 Å². The van der Waals surface area contributed by atoms with Gasteiger partial charge in [-0.15, -0.1) is 0 Å². The van der Waals surface area contributed by atoms with E-state index in [9.17, 15) is 0 Å². The molecule has 0 spiro atoms. The molecule has 4 rings (SSSR count). The minimum Gasteiger partial charge on any atom is -0.361 e. The van der Waals surface area contributed by atoms with Gasteiger partial charge in [-0.25, -0.2) is 0 Å². The summed E-state index contributed by atoms with van der Waals surface area (Å²) in [4.78, 5) is 4.74. The van der Waals surface area contributed by atoms with Crippen LogP contribution >= 0.6 is 23.2 Å². The van der Waals surface area contributed by atoms with Crippen molar-refractivity contribution in [2.75, 3.05) is 19.0 Å². The molecule has 0 aromatic heterocycles. The van der Waals surface area contributed by atoms with Gasteiger partial charge in [-0.1, -0.05) is 70.5 Å². The number of hydrogen-bond donors (Lipinski definition) is 0. The second kappa shape index (κ2) is 8.51. The summed E-state index contributed by atoms with van der Waals surface area (Å²) in [5.41, 5.74) is 0. The van der Waals surface area contributed by atoms with Gasteiger partial charge >= 0.3 is 0 Å². The van der Waals surface area contributed by atoms with Crippen LogP contribution in [0.2, 0.25) is 0 Å². The van der Waals surface area contributed by atoms with Crippen molar-refractivity contribution in [2.45, 2.75) is 5.78 Å². The Balaban J connectivity index is 2.02. The standard InChI is InChI=1S/C24H25BrN2P/c1-26-17-18-27(20-26)24(19-25)28(21-11-5-2-6-12-21,22-13-7-3-8-14-22)23-15-9-4-10-16-23/h2-18,24H,19-20H2,1H3/q+1. The number of halogens is 1. The van der Waals surface area contributed by atoms with Crippen LogP contribution < -0.4 is 15.9 Å². The van der Waals surface area contributed by atoms with Crippen molar-refractivity contribution in [1.29, 1.82) is 0 Å². The highest BCUT2D eigenvalue weighted by atomic mass is 79.9. The summed E-state index contributed by atoms with van der Waals surface area (Å²) in [6.07, 6.45) is 4.42. The van der Waals surface area contributed by atoms with E-state index in [0.29, 0.717) is 5.78 Å². The molecule has 1 atom stereocenters. The first-order chi connectivity index (χ1) is 13.8. The van der Waals surface area contributed by atoms with Gasteiger partial charge in [-0.05, 0) is 36.4 Å². The van der Waals surface area contributed by atoms with Crippen LogP contribution in [-0.2, 0) is 0 Å². The molecule has 0 saturated carbocycles. The van der Waals surface area contributed by atoms with E-state index in [1.54, 1.807) is 0 Å². The quantitative estimate of drug-likeness (QED) is 0.405. The van der Waals surface area contributed by atoms with Crippen LogP contribution in [0.15, 0.2) is 103 Å². The molecule has 4 heteroatoms. The Labute approximate surface area is 177 Å². The van der Waals surface area contributed by atoms with E-state index in [4.69, 9.17) is 0 Å². The first-order valence-corrected chi connectivity index (χ1v) is 12.5. The van der Waals surface area contributed by atoms with Crippen molar-refractivity contribution < 1.29 is 0 Å². The van der Waals surface area contributed by atoms with Gasteiger partial charge < -0.3 is 9.80 Å². The fourth-order valence-corrected chi connectivity index (χ4v) is 10.4. The molecule has 28 heavy (non-hydrogen) atoms. The van der Waals surface area contributed by atoms with Crippen LogP contribution in [0, 0.1) is 0 Å². The van der Waals surface area contributed by atoms with Gasteiger partial charge in [-0.2, -0.15) is 0 Å². The molecule has 3 aromatic carbocycles. The number of alkyl halides is 1. The molecule has 1 heterocycles. The molecular weight excluding hydrogens is 427 g/mol. The average molecular weight is 452 g/mol. The highest BCUT2D eigenvalue weighted by molar-refractivity contribution is 9.09. The summed E-state index contributed by atoms with van der Waals surface area (Å²) < 4.78 is 0. The average Bonchev–Trinajstić information content (AvgIpc) is 3.19. The third-order valence-corrected chi connectivity index (χ3v) is 11.2. The van der Waals surface area contributed by atoms with E-state index in [2.05, 4.69) is 136 Å². The molecule has 1 aliphatic heterocycles. The maximum Gasteiger partial charge on any atom is 0.165 e. The summed E-state index contributed by atoms with van der Waals surface area (Å²) >= 11 is 3.91. The maximum atomic E-state index is 3.91. The molecule has 1 unspecified atom stereocenters. The zero-order valence-corrected chi connectivity index (χ0v) is 18.5. The van der Waals surface area contributed by atoms with E-state index < -0.39 is 7.26 Å². The molecule has 2 nitrogen and oxygen atoms in total. The van der Waals surface area contributed by atoms with Crippen molar-refractivity contribution in [3.8, 4) is 0 Å². The fraction of sp³-hybridized carbons (Fsp3) is 0.167. The van der Waals surface area contributed by atoms with Crippen LogP contribution in [0.5, 0.6) is 0 Å². The first-order valence-electron chi connectivity index (χ1n) is 9.52. The molecule has 0 fully saturated rings. The van der Waals surface area contributed by atoms with E-state index in [0.717, 1.165) is 12.0 Å². The highest BCUT2D eigenvalue weighted by Crippen LogP contribution is 2.61. The van der Waals surface area contributed by atoms with Crippen molar-refractivity contribution in [3.63, 3.8) is 0 Å². The lowest BCUT2D eigenvalue weighted by Gasteiger charge is -2.38. The number of rotatable bonds is 6. The predicted octanol–water partition coefficient (Wildman–Crippen LogP) is 4.38. The van der Waals surface area contributed by atoms with E-state index in [1.165, 1.54) is 15.9 Å². The number of nitrogens with zero attached hydrogens (tertiary/aromatic N) is 2. The van der Waals surface area contributed by atoms with Crippen LogP contribution in [0.25, 0.3) is 0 Å². The molecule has 0 saturated heterocycles. The molecule has 0 bridgehead atoms. The third-order valence-electron chi connectivity index (χ3n) is 5.36. The third kappa shape index (κ3) is 3.38. The highest BCUT2D eigenvalue weighted by Gasteiger charge is 2.54. The number of hydrogen-bond acceptors (Lipinski definition) is 2. The fourth-order valence-electron chi connectivity index (χ4n) is 4.11. The largest absolute Gasteiger partial charge is 0.361 e. The van der Waals surface area contributed by atoms with Crippen LogP contribution in [0.1, 0.15) is 0 Å². The molecule has 0 aliphatic carbocycles. The SMILES string of the molecule is CN1C=CN(C(CBr)[P+](c2ccccc2)(c2ccccc2)c2ccccc2)C1. The lowest BCUT2D eigenvalue weighted by molar-refractivity contribution is 0.291. The lowest BCUT2D eigenvalue weighted by atomic mass is 10.4. The summed E-state index contributed by atoms with van der Waals surface area (Å²) in [6, 6.07) is 33.3. The first kappa shape index (κ1) is 19.2. The van der Waals surface area contributed by atoms with Gasteiger partial charge in [0.1, 0.15) is 23.2 Å². The Hall–Kier alpha value is -2.09. The summed E-state index contributed by atoms with van der Waals surface area (Å²) in [6.45, 7) is 0.907. The van der Waals surface area contributed by atoms with Gasteiger partial charge in [0.05, 0.1) is 12.0 Å². The smallest absolute Gasteiger partial charge is 0.165 e. The van der Waals surface area contributed by atoms with Gasteiger partial charge in [-0.3, -0.25) is 0 Å². The second-order valence-electron chi connectivity index (χ2n) is 7.08. The minimum absolute atomic E-state index is 0.320. The zero-order valence-electron chi connectivity index (χ0n) is 16.0. The Morgan fingerprint density at radius 1 is 0.750 bits per heavy atom. The van der Waals surface area contributed by atoms with Crippen LogP contribution in [0.3, 0.4) is 0 Å². The molecular formula is C24H25BrN2P+. The number of benzene rings is 3. The van der Waals surface area contributed by atoms with Gasteiger partial charge in [0.2, 0.25) is 0 Å². The molecule has 0 N–H and O–H groups in total. The van der Waals surface area contributed by atoms with Gasteiger partial charge in [0.15, 0.2) is 5.78 Å². The molecule has 142 valence electrons. The Kier molecular flexibility index (Phi) is 5.85. The lowest BCUT2D eigenvalue weighted by Crippen LogP contribution is -2.47. The Bertz CT molecular complexity index is 818. The molecule has 0 radical (unpaired) electrons. The maximum absolute atomic E-state index is 3.91. The van der Waals surface area contributed by atoms with Crippen molar-refractivity contribution in [3.05, 3.63) is 103 Å². The summed E-state index contributed by atoms with van der Waals surface area (Å²) in [5.74, 6) is 0.320. The van der Waals surface area contributed by atoms with Crippen molar-refractivity contribution >= 4 is 39.1 Å². The van der Waals surface area contributed by atoms with Crippen molar-refractivity contribution in [2.24, 2.45) is 0 Å². The van der Waals surface area contributed by atoms with Crippen LogP contribution in [0.4, 0.5) is 0 Å². The van der Waals surface area contributed by atoms with E-state index >= 15 is 0 Å². The normalized spacial score (nSPS) is 15.1. The van der Waals surface area contributed by atoms with E-state index in [-0.39, 0.29) is 0 Å². The molecule has 0 amide bonds. The predicted molar refractivity (Wildman–Crippen MR) is 126 cm³/mol. The Morgan fingerprint density at radius 3 is 1.50 bits per heavy atom. The summed E-state index contributed by atoms with van der Waals surface area (Å²) in [7, 11) is 0.196. The van der Waals surface area contributed by atoms with Crippen molar-refractivity contribution in [1.82, 2.24) is 9.80 Å². The molecule has 1 aliphatic rings. The summed E-state index contributed by atoms with van der Waals surface area (Å²) in [5, 5.41) is 5.15. The van der Waals surface area contributed by atoms with Crippen LogP contribution in [-0.4, -0.2) is 34.6 Å². The van der Waals surface area contributed by atoms with Gasteiger partial charge in [0, 0.05) is 19.4 Å². The minimum atomic E-state index is -1.94. The second-order valence-corrected chi connectivity index (χ2v) is 11.3. The zero-order chi connectivity index (χ0) is 19.4. The monoisotopic (exact) mass is 451 g/mol. The topological polar surface area (TPSA) is 6.48 Å². The molecule has 3 aromatic rings. The Morgan fingerprint density at radius 2 is 1.18 bits per heavy atom.